The lowest BCUT2D eigenvalue weighted by atomic mass is 10.1. The first-order valence-corrected chi connectivity index (χ1v) is 10.2. The lowest BCUT2D eigenvalue weighted by molar-refractivity contribution is 0.249. The van der Waals surface area contributed by atoms with Gasteiger partial charge in [0.05, 0.1) is 11.9 Å². The summed E-state index contributed by atoms with van der Waals surface area (Å²) in [5.41, 5.74) is 10.1. The van der Waals surface area contributed by atoms with Crippen LogP contribution in [-0.2, 0) is 6.42 Å². The molecule has 0 amide bonds. The highest BCUT2D eigenvalue weighted by atomic mass is 19.1. The fraction of sp³-hybridized carbons (Fsp3) is 0.318. The summed E-state index contributed by atoms with van der Waals surface area (Å²) in [7, 11) is 0. The van der Waals surface area contributed by atoms with Gasteiger partial charge in [-0.2, -0.15) is 10.1 Å². The summed E-state index contributed by atoms with van der Waals surface area (Å²) in [4.78, 5) is 13.3. The molecule has 2 aromatic heterocycles. The molecule has 7 nitrogen and oxygen atoms in total. The average molecular weight is 405 g/mol. The van der Waals surface area contributed by atoms with Crippen molar-refractivity contribution in [3.63, 3.8) is 0 Å². The summed E-state index contributed by atoms with van der Waals surface area (Å²) in [5, 5.41) is 4.40. The smallest absolute Gasteiger partial charge is 0.252 e. The Morgan fingerprint density at radius 2 is 2.17 bits per heavy atom. The van der Waals surface area contributed by atoms with Gasteiger partial charge < -0.3 is 10.6 Å². The molecule has 1 unspecified atom stereocenters. The number of nitrogen functional groups attached to an aromatic ring is 1. The zero-order chi connectivity index (χ0) is 20.7. The van der Waals surface area contributed by atoms with Crippen molar-refractivity contribution in [3.8, 4) is 5.95 Å². The normalized spacial score (nSPS) is 18.7. The van der Waals surface area contributed by atoms with Crippen molar-refractivity contribution in [2.75, 3.05) is 36.8 Å². The molecule has 2 aliphatic rings. The largest absolute Gasteiger partial charge is 0.384 e. The highest BCUT2D eigenvalue weighted by molar-refractivity contribution is 5.60. The molecule has 8 heteroatoms. The Bertz CT molecular complexity index is 1110. The van der Waals surface area contributed by atoms with E-state index in [-0.39, 0.29) is 5.82 Å². The number of hydrogen-bond donors (Lipinski definition) is 1. The van der Waals surface area contributed by atoms with E-state index in [1.165, 1.54) is 5.56 Å². The minimum absolute atomic E-state index is 0.153. The van der Waals surface area contributed by atoms with Crippen LogP contribution in [0.3, 0.4) is 0 Å². The van der Waals surface area contributed by atoms with E-state index in [2.05, 4.69) is 37.0 Å². The molecular weight excluding hydrogens is 381 g/mol. The third kappa shape index (κ3) is 3.43. The first-order chi connectivity index (χ1) is 14.6. The van der Waals surface area contributed by atoms with E-state index in [0.717, 1.165) is 49.5 Å². The molecule has 0 spiro atoms. The van der Waals surface area contributed by atoms with Crippen molar-refractivity contribution in [1.29, 1.82) is 0 Å². The van der Waals surface area contributed by atoms with E-state index in [1.54, 1.807) is 29.1 Å². The van der Waals surface area contributed by atoms with Crippen molar-refractivity contribution < 1.29 is 4.39 Å². The predicted octanol–water partition coefficient (Wildman–Crippen LogP) is 2.45. The van der Waals surface area contributed by atoms with E-state index >= 15 is 0 Å². The van der Waals surface area contributed by atoms with Crippen LogP contribution < -0.4 is 10.6 Å². The van der Waals surface area contributed by atoms with Crippen molar-refractivity contribution in [1.82, 2.24) is 24.6 Å². The number of nitrogens with zero attached hydrogens (tertiary/aromatic N) is 6. The molecule has 4 heterocycles. The van der Waals surface area contributed by atoms with Crippen LogP contribution >= 0.6 is 0 Å². The van der Waals surface area contributed by atoms with Gasteiger partial charge in [-0.3, -0.25) is 4.90 Å². The number of fused-ring (bicyclic) bond motifs is 3. The molecule has 0 aliphatic carbocycles. The van der Waals surface area contributed by atoms with Crippen LogP contribution in [-0.4, -0.2) is 56.9 Å². The number of rotatable bonds is 4. The molecule has 3 aromatic rings. The molecule has 154 valence electrons. The quantitative estimate of drug-likeness (QED) is 0.719. The molecule has 30 heavy (non-hydrogen) atoms. The second-order valence-electron chi connectivity index (χ2n) is 7.86. The minimum atomic E-state index is -0.153. The highest BCUT2D eigenvalue weighted by Gasteiger charge is 2.33. The third-order valence-electron chi connectivity index (χ3n) is 5.94. The lowest BCUT2D eigenvalue weighted by Crippen LogP contribution is -2.51. The Morgan fingerprint density at radius 1 is 1.27 bits per heavy atom. The van der Waals surface area contributed by atoms with Crippen molar-refractivity contribution in [3.05, 3.63) is 65.4 Å². The average Bonchev–Trinajstić information content (AvgIpc) is 3.28. The van der Waals surface area contributed by atoms with Crippen LogP contribution in [0.4, 0.5) is 15.9 Å². The van der Waals surface area contributed by atoms with Gasteiger partial charge in [0.25, 0.3) is 5.95 Å². The van der Waals surface area contributed by atoms with Crippen LogP contribution in [0.1, 0.15) is 16.8 Å². The van der Waals surface area contributed by atoms with Gasteiger partial charge in [0.1, 0.15) is 11.6 Å². The van der Waals surface area contributed by atoms with Crippen molar-refractivity contribution >= 4 is 17.6 Å². The van der Waals surface area contributed by atoms with Gasteiger partial charge >= 0.3 is 0 Å². The van der Waals surface area contributed by atoms with E-state index in [0.29, 0.717) is 17.8 Å². The number of aromatic nitrogens is 4. The van der Waals surface area contributed by atoms with E-state index < -0.39 is 0 Å². The van der Waals surface area contributed by atoms with Crippen LogP contribution in [0.2, 0.25) is 0 Å². The van der Waals surface area contributed by atoms with Gasteiger partial charge in [-0.1, -0.05) is 18.2 Å². The first-order valence-electron chi connectivity index (χ1n) is 10.2. The van der Waals surface area contributed by atoms with Crippen LogP contribution in [0, 0.1) is 12.7 Å². The Labute approximate surface area is 174 Å². The maximum atomic E-state index is 13.6. The van der Waals surface area contributed by atoms with Crippen LogP contribution in [0.15, 0.2) is 42.7 Å². The van der Waals surface area contributed by atoms with Crippen molar-refractivity contribution in [2.24, 2.45) is 0 Å². The fourth-order valence-corrected chi connectivity index (χ4v) is 4.39. The molecule has 1 saturated heterocycles. The predicted molar refractivity (Wildman–Crippen MR) is 115 cm³/mol. The molecule has 1 atom stereocenters. The molecule has 1 fully saturated rings. The number of hydrogen-bond acceptors (Lipinski definition) is 6. The summed E-state index contributed by atoms with van der Waals surface area (Å²) in [6, 6.07) is 7.25. The van der Waals surface area contributed by atoms with Gasteiger partial charge in [0.15, 0.2) is 0 Å². The SMILES string of the molecule is Cc1c(/C=C/CN2CCN3c4cc(F)ccc4CC3C2)cnn1-c1nccc(N)n1. The second-order valence-corrected chi connectivity index (χ2v) is 7.86. The van der Waals surface area contributed by atoms with Gasteiger partial charge in [0.2, 0.25) is 0 Å². The maximum absolute atomic E-state index is 13.6. The third-order valence-corrected chi connectivity index (χ3v) is 5.94. The zero-order valence-electron chi connectivity index (χ0n) is 16.9. The summed E-state index contributed by atoms with van der Waals surface area (Å²) < 4.78 is 15.3. The number of halogens is 1. The summed E-state index contributed by atoms with van der Waals surface area (Å²) in [6.07, 6.45) is 8.70. The topological polar surface area (TPSA) is 76.1 Å². The Kier molecular flexibility index (Phi) is 4.71. The molecule has 1 aromatic carbocycles. The molecule has 0 radical (unpaired) electrons. The van der Waals surface area contributed by atoms with E-state index in [1.807, 2.05) is 19.2 Å². The fourth-order valence-electron chi connectivity index (χ4n) is 4.39. The minimum Gasteiger partial charge on any atom is -0.384 e. The lowest BCUT2D eigenvalue weighted by Gasteiger charge is -2.38. The number of nitrogens with two attached hydrogens (primary N) is 1. The van der Waals surface area contributed by atoms with Gasteiger partial charge in [-0.25, -0.2) is 14.1 Å². The summed E-state index contributed by atoms with van der Waals surface area (Å²) in [6.45, 7) is 5.74. The Balaban J connectivity index is 1.23. The Hall–Kier alpha value is -3.26. The number of piperazine rings is 1. The van der Waals surface area contributed by atoms with Crippen LogP contribution in [0.5, 0.6) is 0 Å². The summed E-state index contributed by atoms with van der Waals surface area (Å²) >= 11 is 0. The highest BCUT2D eigenvalue weighted by Crippen LogP contribution is 2.34. The molecule has 2 N–H and O–H groups in total. The standard InChI is InChI=1S/C22H24FN7/c1-15-17(13-26-30(15)22-25-7-6-21(24)27-22)3-2-8-28-9-10-29-19(14-28)11-16-4-5-18(23)12-20(16)29/h2-7,12-13,19H,8-11,14H2,1H3,(H2,24,25,27)/b3-2+. The zero-order valence-corrected chi connectivity index (χ0v) is 16.9. The van der Waals surface area contributed by atoms with Gasteiger partial charge in [-0.05, 0) is 37.1 Å². The maximum Gasteiger partial charge on any atom is 0.252 e. The van der Waals surface area contributed by atoms with E-state index in [9.17, 15) is 4.39 Å². The molecule has 2 aliphatic heterocycles. The molecule has 5 rings (SSSR count). The van der Waals surface area contributed by atoms with Crippen LogP contribution in [0.25, 0.3) is 12.0 Å². The summed E-state index contributed by atoms with van der Waals surface area (Å²) in [5.74, 6) is 0.739. The monoisotopic (exact) mass is 405 g/mol. The Morgan fingerprint density at radius 3 is 3.03 bits per heavy atom. The van der Waals surface area contributed by atoms with Gasteiger partial charge in [0, 0.05) is 49.7 Å². The number of anilines is 2. The number of benzene rings is 1. The molecule has 0 saturated carbocycles. The van der Waals surface area contributed by atoms with Gasteiger partial charge in [-0.15, -0.1) is 0 Å². The molecular formula is C22H24FN7. The molecule has 0 bridgehead atoms. The first kappa shape index (κ1) is 18.7. The second kappa shape index (κ2) is 7.53. The van der Waals surface area contributed by atoms with E-state index in [4.69, 9.17) is 5.73 Å². The van der Waals surface area contributed by atoms with Crippen molar-refractivity contribution in [2.45, 2.75) is 19.4 Å².